The van der Waals surface area contributed by atoms with Crippen molar-refractivity contribution in [1.29, 1.82) is 0 Å². The second-order valence-corrected chi connectivity index (χ2v) is 2.56. The fourth-order valence-corrected chi connectivity index (χ4v) is 1.44. The summed E-state index contributed by atoms with van der Waals surface area (Å²) in [5, 5.41) is 0. The summed E-state index contributed by atoms with van der Waals surface area (Å²) < 4.78 is 4.83. The molecule has 1 aliphatic heterocycles. The highest BCUT2D eigenvalue weighted by atomic mass is 16.5. The van der Waals surface area contributed by atoms with Gasteiger partial charge in [-0.1, -0.05) is 12.2 Å². The molecule has 0 saturated carbocycles. The number of fused-ring (bicyclic) bond motifs is 1. The fraction of sp³-hybridized carbons (Fsp3) is 0.571. The number of ether oxygens (including phenoxy) is 1. The van der Waals surface area contributed by atoms with E-state index in [2.05, 4.69) is 12.2 Å². The van der Waals surface area contributed by atoms with Crippen LogP contribution in [-0.4, -0.2) is 12.6 Å². The van der Waals surface area contributed by atoms with E-state index >= 15 is 0 Å². The molecule has 1 fully saturated rings. The number of cyclic esters (lactones) is 1. The van der Waals surface area contributed by atoms with Crippen molar-refractivity contribution in [3.05, 3.63) is 12.2 Å². The van der Waals surface area contributed by atoms with Crippen LogP contribution in [0.4, 0.5) is 0 Å². The van der Waals surface area contributed by atoms with Crippen LogP contribution < -0.4 is 0 Å². The molecular weight excluding hydrogens is 116 g/mol. The molecule has 0 radical (unpaired) electrons. The van der Waals surface area contributed by atoms with E-state index in [-0.39, 0.29) is 11.9 Å². The monoisotopic (exact) mass is 124 g/mol. The van der Waals surface area contributed by atoms with Crippen molar-refractivity contribution in [2.75, 3.05) is 6.61 Å². The molecule has 1 saturated heterocycles. The molecule has 9 heavy (non-hydrogen) atoms. The van der Waals surface area contributed by atoms with E-state index in [1.807, 2.05) is 0 Å². The van der Waals surface area contributed by atoms with Crippen LogP contribution in [0, 0.1) is 11.8 Å². The van der Waals surface area contributed by atoms with E-state index in [1.165, 1.54) is 0 Å². The molecule has 1 aliphatic carbocycles. The maximum atomic E-state index is 10.8. The predicted molar refractivity (Wildman–Crippen MR) is 31.7 cm³/mol. The van der Waals surface area contributed by atoms with Gasteiger partial charge in [-0.15, -0.1) is 0 Å². The number of rotatable bonds is 0. The Morgan fingerprint density at radius 1 is 1.67 bits per heavy atom. The number of carbonyl (C=O) groups is 1. The highest BCUT2D eigenvalue weighted by Crippen LogP contribution is 2.31. The van der Waals surface area contributed by atoms with E-state index in [1.54, 1.807) is 0 Å². The minimum atomic E-state index is -0.00926. The normalized spacial score (nSPS) is 38.9. The molecular formula is C7H8O2. The summed E-state index contributed by atoms with van der Waals surface area (Å²) in [5.41, 5.74) is 0. The summed E-state index contributed by atoms with van der Waals surface area (Å²) in [4.78, 5) is 10.8. The molecule has 0 bridgehead atoms. The van der Waals surface area contributed by atoms with Crippen molar-refractivity contribution >= 4 is 5.97 Å². The second kappa shape index (κ2) is 1.59. The van der Waals surface area contributed by atoms with Gasteiger partial charge in [-0.2, -0.15) is 0 Å². The maximum Gasteiger partial charge on any atom is 0.309 e. The molecule has 2 nitrogen and oxygen atoms in total. The number of esters is 1. The van der Waals surface area contributed by atoms with Gasteiger partial charge in [-0.25, -0.2) is 0 Å². The molecule has 1 heterocycles. The Kier molecular flexibility index (Phi) is 0.891. The third kappa shape index (κ3) is 0.590. The van der Waals surface area contributed by atoms with Gasteiger partial charge in [0.1, 0.15) is 0 Å². The minimum Gasteiger partial charge on any atom is -0.465 e. The first-order chi connectivity index (χ1) is 4.38. The van der Waals surface area contributed by atoms with Crippen LogP contribution >= 0.6 is 0 Å². The Balaban J connectivity index is 2.22. The first-order valence-corrected chi connectivity index (χ1v) is 3.21. The average molecular weight is 124 g/mol. The molecule has 0 aromatic heterocycles. The Morgan fingerprint density at radius 3 is 3.33 bits per heavy atom. The lowest BCUT2D eigenvalue weighted by atomic mass is 10.00. The van der Waals surface area contributed by atoms with Crippen LogP contribution in [0.15, 0.2) is 12.2 Å². The topological polar surface area (TPSA) is 26.3 Å². The highest BCUT2D eigenvalue weighted by Gasteiger charge is 2.36. The van der Waals surface area contributed by atoms with E-state index in [9.17, 15) is 4.79 Å². The van der Waals surface area contributed by atoms with Gasteiger partial charge in [0.05, 0.1) is 12.5 Å². The van der Waals surface area contributed by atoms with Crippen LogP contribution in [0.2, 0.25) is 0 Å². The molecule has 0 N–H and O–H groups in total. The molecule has 0 aromatic rings. The lowest BCUT2D eigenvalue weighted by molar-refractivity contribution is -0.141. The van der Waals surface area contributed by atoms with E-state index in [0.29, 0.717) is 12.5 Å². The number of hydrogen-bond acceptors (Lipinski definition) is 2. The lowest BCUT2D eigenvalue weighted by Crippen LogP contribution is -2.08. The van der Waals surface area contributed by atoms with Crippen molar-refractivity contribution < 1.29 is 9.53 Å². The zero-order chi connectivity index (χ0) is 6.27. The molecule has 0 amide bonds. The maximum absolute atomic E-state index is 10.8. The largest absolute Gasteiger partial charge is 0.465 e. The van der Waals surface area contributed by atoms with Crippen LogP contribution in [0.25, 0.3) is 0 Å². The Bertz CT molecular complexity index is 172. The Labute approximate surface area is 53.5 Å². The molecule has 2 rings (SSSR count). The van der Waals surface area contributed by atoms with Gasteiger partial charge in [0, 0.05) is 5.92 Å². The van der Waals surface area contributed by atoms with Gasteiger partial charge in [0.15, 0.2) is 0 Å². The zero-order valence-electron chi connectivity index (χ0n) is 5.04. The van der Waals surface area contributed by atoms with Gasteiger partial charge < -0.3 is 4.74 Å². The lowest BCUT2D eigenvalue weighted by Gasteiger charge is -1.98. The van der Waals surface area contributed by atoms with Crippen LogP contribution in [0.3, 0.4) is 0 Å². The average Bonchev–Trinajstić information content (AvgIpc) is 2.35. The van der Waals surface area contributed by atoms with Gasteiger partial charge >= 0.3 is 5.97 Å². The fourth-order valence-electron chi connectivity index (χ4n) is 1.44. The summed E-state index contributed by atoms with van der Waals surface area (Å²) in [6, 6.07) is 0. The zero-order valence-corrected chi connectivity index (χ0v) is 5.04. The Hall–Kier alpha value is -0.790. The molecule has 2 atom stereocenters. The van der Waals surface area contributed by atoms with Crippen molar-refractivity contribution in [2.24, 2.45) is 11.8 Å². The predicted octanol–water partition coefficient (Wildman–Crippen LogP) is 0.736. The van der Waals surface area contributed by atoms with E-state index < -0.39 is 0 Å². The van der Waals surface area contributed by atoms with Crippen LogP contribution in [-0.2, 0) is 9.53 Å². The third-order valence-corrected chi connectivity index (χ3v) is 2.01. The molecule has 0 spiro atoms. The molecule has 0 unspecified atom stereocenters. The van der Waals surface area contributed by atoms with Gasteiger partial charge in [0.2, 0.25) is 0 Å². The highest BCUT2D eigenvalue weighted by molar-refractivity contribution is 5.76. The van der Waals surface area contributed by atoms with Gasteiger partial charge in [0.25, 0.3) is 0 Å². The third-order valence-electron chi connectivity index (χ3n) is 2.01. The summed E-state index contributed by atoms with van der Waals surface area (Å²) in [6.07, 6.45) is 5.04. The smallest absolute Gasteiger partial charge is 0.309 e. The second-order valence-electron chi connectivity index (χ2n) is 2.56. The first-order valence-electron chi connectivity index (χ1n) is 3.21. The van der Waals surface area contributed by atoms with Crippen molar-refractivity contribution in [2.45, 2.75) is 6.42 Å². The van der Waals surface area contributed by atoms with E-state index in [0.717, 1.165) is 6.42 Å². The molecule has 48 valence electrons. The Morgan fingerprint density at radius 2 is 2.56 bits per heavy atom. The summed E-state index contributed by atoms with van der Waals surface area (Å²) in [7, 11) is 0. The summed E-state index contributed by atoms with van der Waals surface area (Å²) in [5.74, 6) is 0.562. The first kappa shape index (κ1) is 5.03. The van der Waals surface area contributed by atoms with Crippen LogP contribution in [0.5, 0.6) is 0 Å². The van der Waals surface area contributed by atoms with E-state index in [4.69, 9.17) is 4.74 Å². The SMILES string of the molecule is O=C1OC[C@H]2C=CC[C@H]12. The van der Waals surface area contributed by atoms with Gasteiger partial charge in [-0.3, -0.25) is 4.79 Å². The van der Waals surface area contributed by atoms with Crippen molar-refractivity contribution in [3.8, 4) is 0 Å². The molecule has 2 aliphatic rings. The summed E-state index contributed by atoms with van der Waals surface area (Å²) in [6.45, 7) is 0.611. The molecule has 2 heteroatoms. The minimum absolute atomic E-state index is 0.00926. The number of carbonyl (C=O) groups excluding carboxylic acids is 1. The van der Waals surface area contributed by atoms with Crippen LogP contribution in [0.1, 0.15) is 6.42 Å². The van der Waals surface area contributed by atoms with Crippen molar-refractivity contribution in [3.63, 3.8) is 0 Å². The quantitative estimate of drug-likeness (QED) is 0.351. The molecule has 0 aromatic carbocycles. The number of allylic oxidation sites excluding steroid dienone is 1. The summed E-state index contributed by atoms with van der Waals surface area (Å²) >= 11 is 0. The van der Waals surface area contributed by atoms with Gasteiger partial charge in [-0.05, 0) is 6.42 Å². The van der Waals surface area contributed by atoms with Crippen molar-refractivity contribution in [1.82, 2.24) is 0 Å². The standard InChI is InChI=1S/C7H8O2/c8-7-6-3-1-2-5(6)4-9-7/h1-2,5-6H,3-4H2/t5-,6+/m1/s1. The number of hydrogen-bond donors (Lipinski definition) is 0.